The molecule has 0 saturated carbocycles. The zero-order chi connectivity index (χ0) is 21.9. The molecule has 1 amide bonds. The fourth-order valence-electron chi connectivity index (χ4n) is 4.54. The number of rotatable bonds is 6. The lowest BCUT2D eigenvalue weighted by Gasteiger charge is -2.57. The van der Waals surface area contributed by atoms with Crippen LogP contribution in [0.25, 0.3) is 0 Å². The third kappa shape index (κ3) is 5.95. The normalized spacial score (nSPS) is 22.7. The first-order chi connectivity index (χ1) is 13.4. The molecule has 2 unspecified atom stereocenters. The zero-order valence-electron chi connectivity index (χ0n) is 19.5. The standard InChI is InChI=1S/C24H40N2O3/c1-9-24(10-2)17-20(25-21(27)28-22(4,5)6)16-23(7,8)26(24)29-18(3)19-14-12-11-13-15-19/h11-15,18,20H,9-10,16-17H2,1-8H3,(H,25,27). The minimum absolute atomic E-state index is 0.0386. The maximum absolute atomic E-state index is 12.4. The molecular formula is C24H40N2O3. The number of nitrogens with zero attached hydrogens (tertiary/aromatic N) is 1. The molecule has 0 bridgehead atoms. The lowest BCUT2D eigenvalue weighted by atomic mass is 9.74. The van der Waals surface area contributed by atoms with Crippen molar-refractivity contribution in [1.82, 2.24) is 10.4 Å². The Bertz CT molecular complexity index is 662. The van der Waals surface area contributed by atoms with Crippen molar-refractivity contribution in [2.45, 2.75) is 110 Å². The minimum Gasteiger partial charge on any atom is -0.444 e. The summed E-state index contributed by atoms with van der Waals surface area (Å²) < 4.78 is 5.50. The number of hydrogen-bond donors (Lipinski definition) is 1. The number of carbonyl (C=O) groups excluding carboxylic acids is 1. The first kappa shape index (κ1) is 23.7. The first-order valence-corrected chi connectivity index (χ1v) is 10.9. The molecule has 2 atom stereocenters. The molecule has 0 spiro atoms. The van der Waals surface area contributed by atoms with Crippen LogP contribution in [0.5, 0.6) is 0 Å². The van der Waals surface area contributed by atoms with Crippen LogP contribution >= 0.6 is 0 Å². The van der Waals surface area contributed by atoms with Crippen LogP contribution in [-0.4, -0.2) is 33.9 Å². The molecule has 0 radical (unpaired) electrons. The van der Waals surface area contributed by atoms with Gasteiger partial charge in [0, 0.05) is 17.1 Å². The Morgan fingerprint density at radius 2 is 1.76 bits per heavy atom. The molecule has 1 aliphatic rings. The van der Waals surface area contributed by atoms with E-state index < -0.39 is 5.60 Å². The number of amides is 1. The van der Waals surface area contributed by atoms with Crippen LogP contribution in [0.2, 0.25) is 0 Å². The van der Waals surface area contributed by atoms with E-state index in [-0.39, 0.29) is 29.3 Å². The van der Waals surface area contributed by atoms with E-state index in [0.717, 1.165) is 25.7 Å². The van der Waals surface area contributed by atoms with Gasteiger partial charge in [0.05, 0.1) is 0 Å². The lowest BCUT2D eigenvalue weighted by Crippen LogP contribution is -2.66. The molecule has 164 valence electrons. The summed E-state index contributed by atoms with van der Waals surface area (Å²) in [5.74, 6) is 0. The Hall–Kier alpha value is -1.59. The number of ether oxygens (including phenoxy) is 1. The molecule has 1 aliphatic heterocycles. The molecule has 29 heavy (non-hydrogen) atoms. The van der Waals surface area contributed by atoms with E-state index in [1.165, 1.54) is 5.56 Å². The van der Waals surface area contributed by atoms with Crippen molar-refractivity contribution in [3.8, 4) is 0 Å². The number of alkyl carbamates (subject to hydrolysis) is 1. The second kappa shape index (κ2) is 9.05. The first-order valence-electron chi connectivity index (χ1n) is 10.9. The summed E-state index contributed by atoms with van der Waals surface area (Å²) in [6, 6.07) is 10.4. The van der Waals surface area contributed by atoms with Gasteiger partial charge in [-0.1, -0.05) is 44.2 Å². The summed E-state index contributed by atoms with van der Waals surface area (Å²) in [5, 5.41) is 5.34. The van der Waals surface area contributed by atoms with Gasteiger partial charge in [0.1, 0.15) is 11.7 Å². The van der Waals surface area contributed by atoms with E-state index in [2.05, 4.69) is 57.1 Å². The van der Waals surface area contributed by atoms with E-state index in [4.69, 9.17) is 9.57 Å². The summed E-state index contributed by atoms with van der Waals surface area (Å²) in [4.78, 5) is 19.0. The molecule has 1 aromatic carbocycles. The molecule has 5 nitrogen and oxygen atoms in total. The van der Waals surface area contributed by atoms with Crippen LogP contribution in [0.4, 0.5) is 4.79 Å². The van der Waals surface area contributed by atoms with Crippen LogP contribution in [0.3, 0.4) is 0 Å². The number of piperidine rings is 1. The number of carbonyl (C=O) groups is 1. The van der Waals surface area contributed by atoms with Gasteiger partial charge in [-0.15, -0.1) is 0 Å². The van der Waals surface area contributed by atoms with Crippen molar-refractivity contribution in [2.24, 2.45) is 0 Å². The fourth-order valence-corrected chi connectivity index (χ4v) is 4.54. The number of hydroxylamine groups is 2. The molecule has 2 rings (SSSR count). The zero-order valence-corrected chi connectivity index (χ0v) is 19.5. The van der Waals surface area contributed by atoms with Crippen molar-refractivity contribution in [3.63, 3.8) is 0 Å². The van der Waals surface area contributed by atoms with Crippen molar-refractivity contribution >= 4 is 6.09 Å². The van der Waals surface area contributed by atoms with Crippen LogP contribution in [0.15, 0.2) is 30.3 Å². The predicted octanol–water partition coefficient (Wildman–Crippen LogP) is 6.01. The Morgan fingerprint density at radius 3 is 2.28 bits per heavy atom. The highest BCUT2D eigenvalue weighted by Crippen LogP contribution is 2.44. The maximum atomic E-state index is 12.4. The van der Waals surface area contributed by atoms with E-state index >= 15 is 0 Å². The monoisotopic (exact) mass is 404 g/mol. The molecule has 1 aromatic rings. The van der Waals surface area contributed by atoms with Crippen molar-refractivity contribution < 1.29 is 14.4 Å². The SMILES string of the molecule is CCC1(CC)CC(NC(=O)OC(C)(C)C)CC(C)(C)N1OC(C)c1ccccc1. The maximum Gasteiger partial charge on any atom is 0.407 e. The van der Waals surface area contributed by atoms with Gasteiger partial charge in [0.25, 0.3) is 0 Å². The average molecular weight is 405 g/mol. The smallest absolute Gasteiger partial charge is 0.407 e. The van der Waals surface area contributed by atoms with Crippen LogP contribution in [0.1, 0.15) is 92.7 Å². The summed E-state index contributed by atoms with van der Waals surface area (Å²) in [5.41, 5.74) is 0.289. The Morgan fingerprint density at radius 1 is 1.17 bits per heavy atom. The third-order valence-corrected chi connectivity index (χ3v) is 5.92. The quantitative estimate of drug-likeness (QED) is 0.631. The predicted molar refractivity (Wildman–Crippen MR) is 118 cm³/mol. The van der Waals surface area contributed by atoms with Gasteiger partial charge in [-0.3, -0.25) is 4.84 Å². The van der Waals surface area contributed by atoms with Gasteiger partial charge in [0.15, 0.2) is 0 Å². The summed E-state index contributed by atoms with van der Waals surface area (Å²) in [6.07, 6.45) is 3.15. The molecular weight excluding hydrogens is 364 g/mol. The highest BCUT2D eigenvalue weighted by atomic mass is 16.7. The molecule has 0 aliphatic carbocycles. The molecule has 1 heterocycles. The number of hydrogen-bond acceptors (Lipinski definition) is 4. The fraction of sp³-hybridized carbons (Fsp3) is 0.708. The summed E-state index contributed by atoms with van der Waals surface area (Å²) in [6.45, 7) is 16.6. The van der Waals surface area contributed by atoms with Gasteiger partial charge in [-0.05, 0) is 72.8 Å². The molecule has 0 aromatic heterocycles. The van der Waals surface area contributed by atoms with E-state index in [1.807, 2.05) is 39.0 Å². The van der Waals surface area contributed by atoms with Crippen LogP contribution in [-0.2, 0) is 9.57 Å². The van der Waals surface area contributed by atoms with Gasteiger partial charge < -0.3 is 10.1 Å². The highest BCUT2D eigenvalue weighted by molar-refractivity contribution is 5.68. The van der Waals surface area contributed by atoms with Gasteiger partial charge in [-0.25, -0.2) is 4.79 Å². The summed E-state index contributed by atoms with van der Waals surface area (Å²) in [7, 11) is 0. The van der Waals surface area contributed by atoms with Crippen LogP contribution < -0.4 is 5.32 Å². The highest BCUT2D eigenvalue weighted by Gasteiger charge is 2.50. The Balaban J connectivity index is 2.21. The van der Waals surface area contributed by atoms with E-state index in [1.54, 1.807) is 0 Å². The third-order valence-electron chi connectivity index (χ3n) is 5.92. The lowest BCUT2D eigenvalue weighted by molar-refractivity contribution is -0.316. The Labute approximate surface area is 177 Å². The molecule has 1 fully saturated rings. The van der Waals surface area contributed by atoms with Crippen molar-refractivity contribution in [1.29, 1.82) is 0 Å². The van der Waals surface area contributed by atoms with Gasteiger partial charge >= 0.3 is 6.09 Å². The average Bonchev–Trinajstić information content (AvgIpc) is 2.62. The largest absolute Gasteiger partial charge is 0.444 e. The van der Waals surface area contributed by atoms with Gasteiger partial charge in [0.2, 0.25) is 0 Å². The van der Waals surface area contributed by atoms with Crippen LogP contribution in [0, 0.1) is 0 Å². The van der Waals surface area contributed by atoms with E-state index in [0.29, 0.717) is 0 Å². The number of nitrogens with one attached hydrogen (secondary N) is 1. The molecule has 5 heteroatoms. The number of benzene rings is 1. The van der Waals surface area contributed by atoms with Gasteiger partial charge in [-0.2, -0.15) is 5.06 Å². The van der Waals surface area contributed by atoms with Crippen molar-refractivity contribution in [2.75, 3.05) is 0 Å². The Kier molecular flexibility index (Phi) is 7.39. The minimum atomic E-state index is -0.499. The topological polar surface area (TPSA) is 50.8 Å². The second-order valence-electron chi connectivity index (χ2n) is 9.95. The second-order valence-corrected chi connectivity index (χ2v) is 9.95. The molecule has 1 saturated heterocycles. The van der Waals surface area contributed by atoms with Crippen molar-refractivity contribution in [3.05, 3.63) is 35.9 Å². The van der Waals surface area contributed by atoms with E-state index in [9.17, 15) is 4.79 Å². The molecule has 1 N–H and O–H groups in total. The summed E-state index contributed by atoms with van der Waals surface area (Å²) >= 11 is 0.